The molecule has 0 spiro atoms. The predicted octanol–water partition coefficient (Wildman–Crippen LogP) is 16.2. The van der Waals surface area contributed by atoms with Crippen LogP contribution in [0.3, 0.4) is 0 Å². The van der Waals surface area contributed by atoms with Crippen molar-refractivity contribution in [3.05, 3.63) is 218 Å². The van der Waals surface area contributed by atoms with Gasteiger partial charge in [-0.1, -0.05) is 159 Å². The molecule has 3 heteroatoms. The largest absolute Gasteiger partial charge is 0.455 e. The third kappa shape index (κ3) is 7.02. The fourth-order valence-corrected chi connectivity index (χ4v) is 8.47. The quantitative estimate of drug-likeness (QED) is 0.138. The summed E-state index contributed by atoms with van der Waals surface area (Å²) in [5.41, 5.74) is 14.1. The maximum absolute atomic E-state index is 7.05. The lowest BCUT2D eigenvalue weighted by atomic mass is 10.0. The van der Waals surface area contributed by atoms with Crippen LogP contribution >= 0.6 is 0 Å². The van der Waals surface area contributed by atoms with Gasteiger partial charge in [-0.3, -0.25) is 0 Å². The van der Waals surface area contributed by atoms with E-state index in [0.29, 0.717) is 5.92 Å². The summed E-state index contributed by atoms with van der Waals surface area (Å²) in [6.07, 6.45) is 1.03. The number of benzene rings is 9. The summed E-state index contributed by atoms with van der Waals surface area (Å²) in [5.74, 6) is 0.566. The molecule has 9 aromatic carbocycles. The van der Waals surface area contributed by atoms with Crippen molar-refractivity contribution in [3.63, 3.8) is 0 Å². The third-order valence-corrected chi connectivity index (χ3v) is 11.2. The highest BCUT2D eigenvalue weighted by Gasteiger charge is 2.24. The standard InChI is InChI=1S/C56H44N2O/c1-39(2)36-40-22-29-48(30-23-40)58(49-33-26-44(27-34-49)42-16-8-4-9-17-42)53-37-50(38-54-55(53)52-35-28-45-18-12-13-21-51(45)56(52)59-54)57(46-19-10-5-11-20-46)47-31-24-43(25-32-47)41-14-6-3-7-15-41/h3-35,37-39H,36H2,1-2H3. The molecular formula is C56H44N2O. The van der Waals surface area contributed by atoms with Gasteiger partial charge in [0.05, 0.1) is 16.8 Å². The second-order valence-electron chi connectivity index (χ2n) is 15.7. The second kappa shape index (κ2) is 15.5. The summed E-state index contributed by atoms with van der Waals surface area (Å²) >= 11 is 0. The van der Waals surface area contributed by atoms with Crippen LogP contribution in [-0.2, 0) is 6.42 Å². The Bertz CT molecular complexity index is 3010. The zero-order chi connectivity index (χ0) is 39.7. The van der Waals surface area contributed by atoms with E-state index in [1.165, 1.54) is 27.8 Å². The molecular weight excluding hydrogens is 717 g/mol. The van der Waals surface area contributed by atoms with Gasteiger partial charge in [-0.05, 0) is 106 Å². The van der Waals surface area contributed by atoms with Gasteiger partial charge in [-0.2, -0.15) is 0 Å². The van der Waals surface area contributed by atoms with Crippen molar-refractivity contribution in [2.45, 2.75) is 20.3 Å². The van der Waals surface area contributed by atoms with Crippen LogP contribution in [0.2, 0.25) is 0 Å². The number of furan rings is 1. The Balaban J connectivity index is 1.23. The number of anilines is 6. The van der Waals surface area contributed by atoms with E-state index in [1.807, 2.05) is 0 Å². The molecule has 10 aromatic rings. The average Bonchev–Trinajstić information content (AvgIpc) is 3.68. The highest BCUT2D eigenvalue weighted by atomic mass is 16.3. The number of rotatable bonds is 10. The Kier molecular flexibility index (Phi) is 9.48. The van der Waals surface area contributed by atoms with Crippen LogP contribution in [0.5, 0.6) is 0 Å². The molecule has 1 heterocycles. The molecule has 1 aromatic heterocycles. The van der Waals surface area contributed by atoms with Gasteiger partial charge in [0.2, 0.25) is 0 Å². The highest BCUT2D eigenvalue weighted by molar-refractivity contribution is 6.20. The van der Waals surface area contributed by atoms with Gasteiger partial charge in [-0.25, -0.2) is 0 Å². The smallest absolute Gasteiger partial charge is 0.143 e. The first-order valence-electron chi connectivity index (χ1n) is 20.5. The van der Waals surface area contributed by atoms with Gasteiger partial charge in [0.15, 0.2) is 0 Å². The Morgan fingerprint density at radius 2 is 0.898 bits per heavy atom. The summed E-state index contributed by atoms with van der Waals surface area (Å²) in [6.45, 7) is 4.55. The van der Waals surface area contributed by atoms with Gasteiger partial charge in [0, 0.05) is 39.6 Å². The molecule has 0 radical (unpaired) electrons. The van der Waals surface area contributed by atoms with Crippen LogP contribution in [0.4, 0.5) is 34.1 Å². The Morgan fingerprint density at radius 1 is 0.407 bits per heavy atom. The Hall–Kier alpha value is -7.36. The lowest BCUT2D eigenvalue weighted by Crippen LogP contribution is -2.13. The van der Waals surface area contributed by atoms with Crippen molar-refractivity contribution in [1.29, 1.82) is 0 Å². The molecule has 0 aliphatic rings. The molecule has 0 N–H and O–H groups in total. The number of fused-ring (bicyclic) bond motifs is 5. The van der Waals surface area contributed by atoms with Crippen molar-refractivity contribution in [3.8, 4) is 22.3 Å². The predicted molar refractivity (Wildman–Crippen MR) is 250 cm³/mol. The molecule has 3 nitrogen and oxygen atoms in total. The third-order valence-electron chi connectivity index (χ3n) is 11.2. The maximum atomic E-state index is 7.05. The lowest BCUT2D eigenvalue weighted by Gasteiger charge is -2.30. The van der Waals surface area contributed by atoms with E-state index in [2.05, 4.69) is 236 Å². The molecule has 0 saturated carbocycles. The molecule has 0 fully saturated rings. The van der Waals surface area contributed by atoms with Crippen LogP contribution in [0, 0.1) is 5.92 Å². The fraction of sp³-hybridized carbons (Fsp3) is 0.0714. The monoisotopic (exact) mass is 760 g/mol. The van der Waals surface area contributed by atoms with Crippen molar-refractivity contribution >= 4 is 66.8 Å². The zero-order valence-electron chi connectivity index (χ0n) is 33.3. The highest BCUT2D eigenvalue weighted by Crippen LogP contribution is 2.48. The molecule has 0 atom stereocenters. The van der Waals surface area contributed by atoms with E-state index in [0.717, 1.165) is 73.3 Å². The van der Waals surface area contributed by atoms with Crippen LogP contribution in [-0.4, -0.2) is 0 Å². The van der Waals surface area contributed by atoms with Crippen LogP contribution in [0.15, 0.2) is 217 Å². The van der Waals surface area contributed by atoms with E-state index in [9.17, 15) is 0 Å². The number of hydrogen-bond donors (Lipinski definition) is 0. The van der Waals surface area contributed by atoms with Crippen molar-refractivity contribution in [2.75, 3.05) is 9.80 Å². The van der Waals surface area contributed by atoms with E-state index in [-0.39, 0.29) is 0 Å². The topological polar surface area (TPSA) is 19.6 Å². The first-order valence-corrected chi connectivity index (χ1v) is 20.5. The van der Waals surface area contributed by atoms with Gasteiger partial charge in [0.25, 0.3) is 0 Å². The van der Waals surface area contributed by atoms with E-state index in [4.69, 9.17) is 4.42 Å². The zero-order valence-corrected chi connectivity index (χ0v) is 33.3. The minimum absolute atomic E-state index is 0.566. The molecule has 284 valence electrons. The van der Waals surface area contributed by atoms with E-state index in [1.54, 1.807) is 0 Å². The second-order valence-corrected chi connectivity index (χ2v) is 15.7. The van der Waals surface area contributed by atoms with Gasteiger partial charge < -0.3 is 14.2 Å². The van der Waals surface area contributed by atoms with Crippen LogP contribution in [0.1, 0.15) is 19.4 Å². The van der Waals surface area contributed by atoms with Crippen LogP contribution in [0.25, 0.3) is 55.0 Å². The molecule has 59 heavy (non-hydrogen) atoms. The van der Waals surface area contributed by atoms with Crippen molar-refractivity contribution in [1.82, 2.24) is 0 Å². The molecule has 0 saturated heterocycles. The van der Waals surface area contributed by atoms with Gasteiger partial charge >= 0.3 is 0 Å². The number of para-hydroxylation sites is 1. The van der Waals surface area contributed by atoms with Crippen molar-refractivity contribution in [2.24, 2.45) is 5.92 Å². The van der Waals surface area contributed by atoms with Crippen LogP contribution < -0.4 is 9.80 Å². The average molecular weight is 761 g/mol. The Labute approximate surface area is 346 Å². The number of nitrogens with zero attached hydrogens (tertiary/aromatic N) is 2. The molecule has 0 bridgehead atoms. The minimum atomic E-state index is 0.566. The summed E-state index contributed by atoms with van der Waals surface area (Å²) in [4.78, 5) is 4.75. The molecule has 0 unspecified atom stereocenters. The molecule has 0 aliphatic carbocycles. The first-order chi connectivity index (χ1) is 29.1. The summed E-state index contributed by atoms with van der Waals surface area (Å²) in [7, 11) is 0. The molecule has 10 rings (SSSR count). The fourth-order valence-electron chi connectivity index (χ4n) is 8.47. The maximum Gasteiger partial charge on any atom is 0.143 e. The van der Waals surface area contributed by atoms with Crippen molar-refractivity contribution < 1.29 is 4.42 Å². The van der Waals surface area contributed by atoms with Gasteiger partial charge in [0.1, 0.15) is 11.2 Å². The minimum Gasteiger partial charge on any atom is -0.455 e. The summed E-state index contributed by atoms with van der Waals surface area (Å²) < 4.78 is 7.05. The lowest BCUT2D eigenvalue weighted by molar-refractivity contribution is 0.647. The summed E-state index contributed by atoms with van der Waals surface area (Å²) in [5, 5.41) is 4.41. The Morgan fingerprint density at radius 3 is 1.49 bits per heavy atom. The van der Waals surface area contributed by atoms with Gasteiger partial charge in [-0.15, -0.1) is 0 Å². The first kappa shape index (κ1) is 36.0. The summed E-state index contributed by atoms with van der Waals surface area (Å²) in [6, 6.07) is 76.2. The van der Waals surface area contributed by atoms with E-state index < -0.39 is 0 Å². The van der Waals surface area contributed by atoms with E-state index >= 15 is 0 Å². The molecule has 0 aliphatic heterocycles. The number of hydrogen-bond acceptors (Lipinski definition) is 3. The normalized spacial score (nSPS) is 11.4. The molecule has 0 amide bonds. The SMILES string of the molecule is CC(C)Cc1ccc(N(c2ccc(-c3ccccc3)cc2)c2cc(N(c3ccccc3)c3ccc(-c4ccccc4)cc3)cc3oc4c5ccccc5ccc4c23)cc1.